The number of aromatic nitrogens is 4. The molecule has 0 spiro atoms. The van der Waals surface area contributed by atoms with Crippen LogP contribution in [0.2, 0.25) is 0 Å². The molecule has 0 saturated carbocycles. The lowest BCUT2D eigenvalue weighted by Crippen LogP contribution is -1.99. The van der Waals surface area contributed by atoms with E-state index in [2.05, 4.69) is 22.4 Å². The van der Waals surface area contributed by atoms with Gasteiger partial charge in [-0.15, -0.1) is 5.10 Å². The lowest BCUT2D eigenvalue weighted by molar-refractivity contribution is -0.119. The highest BCUT2D eigenvalue weighted by Gasteiger charge is 2.04. The van der Waals surface area contributed by atoms with Crippen molar-refractivity contribution in [3.05, 3.63) is 0 Å². The Morgan fingerprint density at radius 3 is 2.75 bits per heavy atom. The van der Waals surface area contributed by atoms with Crippen molar-refractivity contribution in [2.75, 3.05) is 5.75 Å². The summed E-state index contributed by atoms with van der Waals surface area (Å²) in [4.78, 5) is 11.4. The summed E-state index contributed by atoms with van der Waals surface area (Å²) < 4.78 is 1.64. The molecule has 0 saturated heterocycles. The van der Waals surface area contributed by atoms with Crippen LogP contribution in [0.3, 0.4) is 0 Å². The highest BCUT2D eigenvalue weighted by molar-refractivity contribution is 7.99. The first-order valence-corrected chi connectivity index (χ1v) is 6.59. The summed E-state index contributed by atoms with van der Waals surface area (Å²) in [5, 5.41) is 12.0. The Morgan fingerprint density at radius 2 is 2.12 bits per heavy atom. The molecule has 0 aliphatic carbocycles. The van der Waals surface area contributed by atoms with Crippen LogP contribution in [0.5, 0.6) is 0 Å². The zero-order valence-electron chi connectivity index (χ0n) is 9.85. The first kappa shape index (κ1) is 13.2. The van der Waals surface area contributed by atoms with Gasteiger partial charge in [-0.2, -0.15) is 0 Å². The maximum Gasteiger partial charge on any atom is 0.209 e. The Hall–Kier alpha value is -0.910. The standard InChI is InChI=1S/C10H18N4OS/c1-3-4-6-9(15)7-5-8-16-10-11-12-13-14(10)2/h3-8H2,1-2H3. The molecule has 0 bridgehead atoms. The average Bonchev–Trinajstić information content (AvgIpc) is 2.67. The molecular formula is C10H18N4OS. The van der Waals surface area contributed by atoms with Gasteiger partial charge in [-0.3, -0.25) is 4.79 Å². The molecule has 0 N–H and O–H groups in total. The molecule has 0 amide bonds. The predicted octanol–water partition coefficient (Wildman–Crippen LogP) is 1.84. The highest BCUT2D eigenvalue weighted by Crippen LogP contribution is 2.14. The summed E-state index contributed by atoms with van der Waals surface area (Å²) in [6.07, 6.45) is 4.41. The summed E-state index contributed by atoms with van der Waals surface area (Å²) >= 11 is 1.59. The van der Waals surface area contributed by atoms with Gasteiger partial charge in [0.25, 0.3) is 0 Å². The van der Waals surface area contributed by atoms with Gasteiger partial charge in [0.15, 0.2) is 0 Å². The molecule has 90 valence electrons. The number of carbonyl (C=O) groups is 1. The largest absolute Gasteiger partial charge is 0.300 e. The molecular weight excluding hydrogens is 224 g/mol. The number of ketones is 1. The van der Waals surface area contributed by atoms with Crippen LogP contribution in [0.15, 0.2) is 5.16 Å². The Kier molecular flexibility index (Phi) is 6.07. The van der Waals surface area contributed by atoms with Gasteiger partial charge < -0.3 is 0 Å². The first-order chi connectivity index (χ1) is 7.74. The quantitative estimate of drug-likeness (QED) is 0.514. The van der Waals surface area contributed by atoms with Crippen molar-refractivity contribution in [2.24, 2.45) is 7.05 Å². The molecule has 0 aromatic carbocycles. The van der Waals surface area contributed by atoms with Crippen LogP contribution in [0, 0.1) is 0 Å². The second-order valence-corrected chi connectivity index (χ2v) is 4.74. The number of unbranched alkanes of at least 4 members (excludes halogenated alkanes) is 1. The third-order valence-corrected chi connectivity index (χ3v) is 3.32. The topological polar surface area (TPSA) is 60.7 Å². The van der Waals surface area contributed by atoms with E-state index in [0.29, 0.717) is 12.2 Å². The fraction of sp³-hybridized carbons (Fsp3) is 0.800. The van der Waals surface area contributed by atoms with Crippen molar-refractivity contribution in [3.63, 3.8) is 0 Å². The van der Waals surface area contributed by atoms with Gasteiger partial charge in [-0.25, -0.2) is 4.68 Å². The van der Waals surface area contributed by atoms with E-state index >= 15 is 0 Å². The van der Waals surface area contributed by atoms with Crippen LogP contribution in [0.4, 0.5) is 0 Å². The lowest BCUT2D eigenvalue weighted by atomic mass is 10.1. The van der Waals surface area contributed by atoms with Crippen molar-refractivity contribution >= 4 is 17.5 Å². The molecule has 16 heavy (non-hydrogen) atoms. The fourth-order valence-corrected chi connectivity index (χ4v) is 2.06. The Morgan fingerprint density at radius 1 is 1.38 bits per heavy atom. The van der Waals surface area contributed by atoms with Gasteiger partial charge in [0, 0.05) is 25.6 Å². The van der Waals surface area contributed by atoms with E-state index in [1.807, 2.05) is 7.05 Å². The predicted molar refractivity (Wildman–Crippen MR) is 63.3 cm³/mol. The molecule has 0 atom stereocenters. The summed E-state index contributed by atoms with van der Waals surface area (Å²) in [5.74, 6) is 1.27. The van der Waals surface area contributed by atoms with Crippen LogP contribution in [-0.2, 0) is 11.8 Å². The third-order valence-electron chi connectivity index (χ3n) is 2.22. The molecule has 0 aliphatic rings. The number of aryl methyl sites for hydroxylation is 1. The number of Topliss-reactive ketones (excluding diaryl/α,β-unsaturated/α-hetero) is 1. The maximum atomic E-state index is 11.4. The minimum atomic E-state index is 0.374. The van der Waals surface area contributed by atoms with E-state index in [0.717, 1.165) is 36.6 Å². The summed E-state index contributed by atoms with van der Waals surface area (Å²) in [6.45, 7) is 2.10. The SMILES string of the molecule is CCCCC(=O)CCCSc1nnnn1C. The van der Waals surface area contributed by atoms with Gasteiger partial charge in [0.1, 0.15) is 5.78 Å². The number of tetrazole rings is 1. The van der Waals surface area contributed by atoms with Gasteiger partial charge in [-0.05, 0) is 23.3 Å². The molecule has 1 rings (SSSR count). The minimum Gasteiger partial charge on any atom is -0.300 e. The maximum absolute atomic E-state index is 11.4. The monoisotopic (exact) mass is 242 g/mol. The molecule has 0 unspecified atom stereocenters. The number of rotatable bonds is 8. The normalized spacial score (nSPS) is 10.6. The van der Waals surface area contributed by atoms with Gasteiger partial charge in [-0.1, -0.05) is 25.1 Å². The number of hydrogen-bond acceptors (Lipinski definition) is 5. The zero-order valence-corrected chi connectivity index (χ0v) is 10.7. The summed E-state index contributed by atoms with van der Waals surface area (Å²) in [7, 11) is 1.81. The molecule has 0 fully saturated rings. The Bertz CT molecular complexity index is 326. The molecule has 0 aliphatic heterocycles. The molecule has 0 radical (unpaired) electrons. The molecule has 1 heterocycles. The van der Waals surface area contributed by atoms with Gasteiger partial charge in [0.05, 0.1) is 0 Å². The molecule has 5 nitrogen and oxygen atoms in total. The van der Waals surface area contributed by atoms with E-state index in [-0.39, 0.29) is 0 Å². The van der Waals surface area contributed by atoms with E-state index in [9.17, 15) is 4.79 Å². The minimum absolute atomic E-state index is 0.374. The summed E-state index contributed by atoms with van der Waals surface area (Å²) in [5.41, 5.74) is 0. The van der Waals surface area contributed by atoms with Gasteiger partial charge in [0.2, 0.25) is 5.16 Å². The van der Waals surface area contributed by atoms with Gasteiger partial charge >= 0.3 is 0 Å². The number of hydrogen-bond donors (Lipinski definition) is 0. The lowest BCUT2D eigenvalue weighted by Gasteiger charge is -2.00. The first-order valence-electron chi connectivity index (χ1n) is 5.61. The second-order valence-electron chi connectivity index (χ2n) is 3.68. The molecule has 6 heteroatoms. The highest BCUT2D eigenvalue weighted by atomic mass is 32.2. The van der Waals surface area contributed by atoms with E-state index in [1.54, 1.807) is 16.4 Å². The Balaban J connectivity index is 2.08. The Labute approximate surface area is 100.0 Å². The van der Waals surface area contributed by atoms with Crippen LogP contribution in [-0.4, -0.2) is 31.7 Å². The second kappa shape index (κ2) is 7.38. The van der Waals surface area contributed by atoms with Crippen molar-refractivity contribution < 1.29 is 4.79 Å². The number of thioether (sulfide) groups is 1. The average molecular weight is 242 g/mol. The molecule has 1 aromatic rings. The number of nitrogens with zero attached hydrogens (tertiary/aromatic N) is 4. The third kappa shape index (κ3) is 4.74. The van der Waals surface area contributed by atoms with Crippen LogP contribution >= 0.6 is 11.8 Å². The van der Waals surface area contributed by atoms with Crippen molar-refractivity contribution in [2.45, 2.75) is 44.2 Å². The summed E-state index contributed by atoms with van der Waals surface area (Å²) in [6, 6.07) is 0. The van der Waals surface area contributed by atoms with Crippen LogP contribution in [0.25, 0.3) is 0 Å². The fourth-order valence-electron chi connectivity index (χ4n) is 1.28. The van der Waals surface area contributed by atoms with E-state index < -0.39 is 0 Å². The number of carbonyl (C=O) groups excluding carboxylic acids is 1. The zero-order chi connectivity index (χ0) is 11.8. The van der Waals surface area contributed by atoms with Crippen LogP contribution < -0.4 is 0 Å². The van der Waals surface area contributed by atoms with E-state index in [1.165, 1.54) is 0 Å². The van der Waals surface area contributed by atoms with Crippen molar-refractivity contribution in [1.29, 1.82) is 0 Å². The smallest absolute Gasteiger partial charge is 0.209 e. The van der Waals surface area contributed by atoms with Crippen molar-refractivity contribution in [3.8, 4) is 0 Å². The van der Waals surface area contributed by atoms with Crippen molar-refractivity contribution in [1.82, 2.24) is 20.2 Å². The molecule has 1 aromatic heterocycles. The van der Waals surface area contributed by atoms with Crippen LogP contribution in [0.1, 0.15) is 39.0 Å². The van der Waals surface area contributed by atoms with E-state index in [4.69, 9.17) is 0 Å².